The summed E-state index contributed by atoms with van der Waals surface area (Å²) in [7, 11) is -2.78. The van der Waals surface area contributed by atoms with E-state index in [1.54, 1.807) is 0 Å². The van der Waals surface area contributed by atoms with Gasteiger partial charge in [0, 0.05) is 19.1 Å². The molecule has 3 aliphatic rings. The number of rotatable bonds is 3. The summed E-state index contributed by atoms with van der Waals surface area (Å²) in [5.74, 6) is 1.27. The van der Waals surface area contributed by atoms with Crippen LogP contribution in [0.5, 0.6) is 0 Å². The van der Waals surface area contributed by atoms with E-state index in [-0.39, 0.29) is 5.25 Å². The van der Waals surface area contributed by atoms with Crippen molar-refractivity contribution in [2.75, 3.05) is 31.9 Å². The fraction of sp³-hybridized carbons (Fsp3) is 1.00. The molecule has 0 bridgehead atoms. The molecule has 1 N–H and O–H groups in total. The van der Waals surface area contributed by atoms with Gasteiger partial charge < -0.3 is 10.2 Å². The average Bonchev–Trinajstić information content (AvgIpc) is 3.10. The molecule has 3 fully saturated rings. The lowest BCUT2D eigenvalue weighted by molar-refractivity contribution is 0.256. The van der Waals surface area contributed by atoms with E-state index in [4.69, 9.17) is 0 Å². The van der Waals surface area contributed by atoms with Crippen molar-refractivity contribution < 1.29 is 8.42 Å². The average molecular weight is 272 g/mol. The number of sulfone groups is 1. The van der Waals surface area contributed by atoms with Crippen LogP contribution in [0.4, 0.5) is 0 Å². The van der Waals surface area contributed by atoms with Crippen molar-refractivity contribution >= 4 is 9.84 Å². The maximum atomic E-state index is 11.9. The van der Waals surface area contributed by atoms with Gasteiger partial charge in [0.25, 0.3) is 0 Å². The molecule has 0 spiro atoms. The molecule has 4 nitrogen and oxygen atoms in total. The molecule has 2 atom stereocenters. The Kier molecular flexibility index (Phi) is 3.65. The highest BCUT2D eigenvalue weighted by Crippen LogP contribution is 2.33. The van der Waals surface area contributed by atoms with Crippen molar-refractivity contribution in [2.24, 2.45) is 5.92 Å². The molecular formula is C13H24N2O2S. The van der Waals surface area contributed by atoms with Gasteiger partial charge in [-0.25, -0.2) is 8.42 Å². The molecule has 0 amide bonds. The summed E-state index contributed by atoms with van der Waals surface area (Å²) < 4.78 is 23.8. The van der Waals surface area contributed by atoms with Crippen LogP contribution >= 0.6 is 0 Å². The maximum Gasteiger partial charge on any atom is 0.154 e. The summed E-state index contributed by atoms with van der Waals surface area (Å²) >= 11 is 0. The van der Waals surface area contributed by atoms with Crippen molar-refractivity contribution in [3.05, 3.63) is 0 Å². The van der Waals surface area contributed by atoms with Gasteiger partial charge in [0.2, 0.25) is 0 Å². The van der Waals surface area contributed by atoms with Crippen molar-refractivity contribution in [2.45, 2.75) is 43.4 Å². The summed E-state index contributed by atoms with van der Waals surface area (Å²) in [6.07, 6.45) is 5.60. The summed E-state index contributed by atoms with van der Waals surface area (Å²) in [6, 6.07) is 0.608. The predicted molar refractivity (Wildman–Crippen MR) is 72.4 cm³/mol. The summed E-state index contributed by atoms with van der Waals surface area (Å²) in [5, 5.41) is 3.54. The molecule has 0 radical (unpaired) electrons. The first-order chi connectivity index (χ1) is 8.65. The zero-order valence-electron chi connectivity index (χ0n) is 11.0. The van der Waals surface area contributed by atoms with E-state index in [2.05, 4.69) is 10.2 Å². The van der Waals surface area contributed by atoms with Gasteiger partial charge in [0.1, 0.15) is 0 Å². The smallest absolute Gasteiger partial charge is 0.154 e. The summed E-state index contributed by atoms with van der Waals surface area (Å²) in [5.41, 5.74) is 0. The maximum absolute atomic E-state index is 11.9. The van der Waals surface area contributed by atoms with E-state index in [1.165, 1.54) is 12.8 Å². The Morgan fingerprint density at radius 3 is 2.67 bits per heavy atom. The highest BCUT2D eigenvalue weighted by atomic mass is 32.2. The Morgan fingerprint density at radius 1 is 1.17 bits per heavy atom. The molecule has 2 heterocycles. The van der Waals surface area contributed by atoms with Crippen molar-refractivity contribution in [3.8, 4) is 0 Å². The molecule has 0 aromatic carbocycles. The lowest BCUT2D eigenvalue weighted by Crippen LogP contribution is -2.42. The first kappa shape index (κ1) is 12.9. The normalized spacial score (nSPS) is 37.6. The summed E-state index contributed by atoms with van der Waals surface area (Å²) in [6.45, 7) is 3.97. The molecule has 0 aromatic heterocycles. The molecular weight excluding hydrogens is 248 g/mol. The zero-order chi connectivity index (χ0) is 12.6. The minimum absolute atomic E-state index is 0.0875. The number of nitrogens with one attached hydrogen (secondary N) is 1. The Labute approximate surface area is 110 Å². The van der Waals surface area contributed by atoms with E-state index in [9.17, 15) is 8.42 Å². The van der Waals surface area contributed by atoms with Crippen LogP contribution in [0.15, 0.2) is 0 Å². The lowest BCUT2D eigenvalue weighted by Gasteiger charge is -2.26. The molecule has 3 rings (SSSR count). The van der Waals surface area contributed by atoms with Crippen LogP contribution in [0.2, 0.25) is 0 Å². The molecule has 2 aliphatic heterocycles. The minimum Gasteiger partial charge on any atom is -0.312 e. The lowest BCUT2D eigenvalue weighted by atomic mass is 10.1. The Bertz CT molecular complexity index is 392. The highest BCUT2D eigenvalue weighted by Gasteiger charge is 2.36. The number of hydrogen-bond acceptors (Lipinski definition) is 4. The van der Waals surface area contributed by atoms with Gasteiger partial charge in [-0.1, -0.05) is 0 Å². The fourth-order valence-corrected chi connectivity index (χ4v) is 5.22. The van der Waals surface area contributed by atoms with E-state index >= 15 is 0 Å². The highest BCUT2D eigenvalue weighted by molar-refractivity contribution is 7.92. The van der Waals surface area contributed by atoms with Crippen molar-refractivity contribution in [3.63, 3.8) is 0 Å². The fourth-order valence-electron chi connectivity index (χ4n) is 3.36. The van der Waals surface area contributed by atoms with Gasteiger partial charge in [-0.2, -0.15) is 0 Å². The molecule has 5 heteroatoms. The number of hydrogen-bond donors (Lipinski definition) is 1. The third kappa shape index (κ3) is 2.89. The largest absolute Gasteiger partial charge is 0.312 e. The van der Waals surface area contributed by atoms with Gasteiger partial charge in [0.05, 0.1) is 11.0 Å². The summed E-state index contributed by atoms with van der Waals surface area (Å²) in [4.78, 5) is 2.40. The predicted octanol–water partition coefficient (Wildman–Crippen LogP) is 0.638. The topological polar surface area (TPSA) is 49.4 Å². The minimum atomic E-state index is -2.78. The second-order valence-corrected chi connectivity index (χ2v) is 8.54. The Hall–Kier alpha value is -0.130. The van der Waals surface area contributed by atoms with E-state index in [0.29, 0.717) is 11.8 Å². The number of nitrogens with zero attached hydrogens (tertiary/aromatic N) is 1. The van der Waals surface area contributed by atoms with E-state index in [0.717, 1.165) is 51.4 Å². The SMILES string of the molecule is O=S1(=O)CCCC1CN1CCCNC(C2CC2)C1. The molecule has 18 heavy (non-hydrogen) atoms. The van der Waals surface area contributed by atoms with E-state index < -0.39 is 9.84 Å². The van der Waals surface area contributed by atoms with Gasteiger partial charge >= 0.3 is 0 Å². The van der Waals surface area contributed by atoms with Gasteiger partial charge in [-0.05, 0) is 51.1 Å². The van der Waals surface area contributed by atoms with Gasteiger partial charge in [-0.15, -0.1) is 0 Å². The molecule has 2 unspecified atom stereocenters. The van der Waals surface area contributed by atoms with Crippen LogP contribution in [0.3, 0.4) is 0 Å². The van der Waals surface area contributed by atoms with Crippen molar-refractivity contribution in [1.82, 2.24) is 10.2 Å². The Balaban J connectivity index is 1.60. The molecule has 104 valence electrons. The second-order valence-electron chi connectivity index (χ2n) is 6.14. The van der Waals surface area contributed by atoms with Gasteiger partial charge in [0.15, 0.2) is 9.84 Å². The van der Waals surface area contributed by atoms with Crippen LogP contribution in [-0.4, -0.2) is 56.5 Å². The van der Waals surface area contributed by atoms with Crippen LogP contribution in [-0.2, 0) is 9.84 Å². The quantitative estimate of drug-likeness (QED) is 0.819. The molecule has 0 aromatic rings. The Morgan fingerprint density at radius 2 is 2.00 bits per heavy atom. The molecule has 1 aliphatic carbocycles. The molecule has 1 saturated carbocycles. The first-order valence-corrected chi connectivity index (χ1v) is 9.04. The first-order valence-electron chi connectivity index (χ1n) is 7.32. The van der Waals surface area contributed by atoms with Crippen molar-refractivity contribution in [1.29, 1.82) is 0 Å². The third-order valence-electron chi connectivity index (χ3n) is 4.63. The van der Waals surface area contributed by atoms with Crippen LogP contribution in [0.25, 0.3) is 0 Å². The monoisotopic (exact) mass is 272 g/mol. The van der Waals surface area contributed by atoms with Gasteiger partial charge in [-0.3, -0.25) is 0 Å². The molecule has 2 saturated heterocycles. The third-order valence-corrected chi connectivity index (χ3v) is 6.89. The van der Waals surface area contributed by atoms with Crippen LogP contribution in [0.1, 0.15) is 32.1 Å². The zero-order valence-corrected chi connectivity index (χ0v) is 11.8. The second kappa shape index (κ2) is 5.10. The van der Waals surface area contributed by atoms with Crippen LogP contribution < -0.4 is 5.32 Å². The van der Waals surface area contributed by atoms with Crippen LogP contribution in [0, 0.1) is 5.92 Å². The van der Waals surface area contributed by atoms with E-state index in [1.807, 2.05) is 0 Å². The standard InChI is InChI=1S/C13H24N2O2S/c16-18(17)8-1-3-12(18)9-15-7-2-6-14-13(10-15)11-4-5-11/h11-14H,1-10H2.